The first-order valence-electron chi connectivity index (χ1n) is 9.78. The normalized spacial score (nSPS) is 16.2. The predicted octanol–water partition coefficient (Wildman–Crippen LogP) is 0.369. The number of nitrogens with one attached hydrogen (secondary N) is 2. The Hall–Kier alpha value is -1.52. The highest BCUT2D eigenvalue weighted by Crippen LogP contribution is 2.11. The number of hydrogen-bond donors (Lipinski definition) is 2. The number of carbonyl (C=O) groups excluding carboxylic acids is 1. The number of methoxy groups -OCH3 is 1. The minimum Gasteiger partial charge on any atom is -0.383 e. The SMILES string of the molecule is CCN1CCN(CCCNC(=O)c2cccc(S(=O)(=O)NCCOC)c2)CC1. The van der Waals surface area contributed by atoms with Crippen molar-refractivity contribution in [3.8, 4) is 0 Å². The molecule has 1 heterocycles. The van der Waals surface area contributed by atoms with Crippen molar-refractivity contribution in [2.24, 2.45) is 0 Å². The van der Waals surface area contributed by atoms with Crippen molar-refractivity contribution in [2.75, 3.05) is 66.1 Å². The second-order valence-electron chi connectivity index (χ2n) is 6.80. The van der Waals surface area contributed by atoms with Crippen LogP contribution in [-0.2, 0) is 14.8 Å². The highest BCUT2D eigenvalue weighted by molar-refractivity contribution is 7.89. The molecule has 1 aromatic carbocycles. The van der Waals surface area contributed by atoms with Gasteiger partial charge in [0.05, 0.1) is 11.5 Å². The Bertz CT molecular complexity index is 718. The van der Waals surface area contributed by atoms with Gasteiger partial charge in [0.2, 0.25) is 10.0 Å². The molecule has 2 rings (SSSR count). The van der Waals surface area contributed by atoms with E-state index in [-0.39, 0.29) is 24.0 Å². The van der Waals surface area contributed by atoms with Crippen molar-refractivity contribution in [3.63, 3.8) is 0 Å². The number of ether oxygens (including phenoxy) is 1. The van der Waals surface area contributed by atoms with Gasteiger partial charge >= 0.3 is 0 Å². The first-order valence-corrected chi connectivity index (χ1v) is 11.3. The van der Waals surface area contributed by atoms with Crippen LogP contribution in [0.1, 0.15) is 23.7 Å². The second-order valence-corrected chi connectivity index (χ2v) is 8.57. The van der Waals surface area contributed by atoms with Crippen LogP contribution < -0.4 is 10.0 Å². The number of nitrogens with zero attached hydrogens (tertiary/aromatic N) is 2. The summed E-state index contributed by atoms with van der Waals surface area (Å²) < 4.78 is 31.8. The fourth-order valence-electron chi connectivity index (χ4n) is 3.10. The Morgan fingerprint density at radius 3 is 2.54 bits per heavy atom. The first kappa shape index (κ1) is 22.8. The molecule has 0 radical (unpaired) electrons. The summed E-state index contributed by atoms with van der Waals surface area (Å²) in [5.74, 6) is -0.259. The van der Waals surface area contributed by atoms with Gasteiger partial charge in [0.15, 0.2) is 0 Å². The molecule has 8 nitrogen and oxygen atoms in total. The Kier molecular flexibility index (Phi) is 9.33. The maximum absolute atomic E-state index is 12.4. The summed E-state index contributed by atoms with van der Waals surface area (Å²) in [6.07, 6.45) is 0.869. The Morgan fingerprint density at radius 2 is 1.86 bits per heavy atom. The van der Waals surface area contributed by atoms with Crippen LogP contribution in [-0.4, -0.2) is 90.2 Å². The third kappa shape index (κ3) is 7.14. The van der Waals surface area contributed by atoms with Crippen molar-refractivity contribution >= 4 is 15.9 Å². The molecule has 158 valence electrons. The molecular formula is C19H32N4O4S. The van der Waals surface area contributed by atoms with E-state index in [0.717, 1.165) is 45.7 Å². The van der Waals surface area contributed by atoms with Crippen molar-refractivity contribution in [1.82, 2.24) is 19.8 Å². The van der Waals surface area contributed by atoms with Crippen molar-refractivity contribution < 1.29 is 17.9 Å². The summed E-state index contributed by atoms with van der Waals surface area (Å²) in [4.78, 5) is 17.3. The minimum absolute atomic E-state index is 0.0741. The maximum atomic E-state index is 12.4. The number of piperazine rings is 1. The standard InChI is InChI=1S/C19H32N4O4S/c1-3-22-11-13-23(14-12-22)10-5-8-20-19(24)17-6-4-7-18(16-17)28(25,26)21-9-15-27-2/h4,6-7,16,21H,3,5,8-15H2,1-2H3,(H,20,24). The number of carbonyl (C=O) groups is 1. The van der Waals surface area contributed by atoms with Gasteiger partial charge in [0.1, 0.15) is 0 Å². The number of amides is 1. The van der Waals surface area contributed by atoms with Gasteiger partial charge in [-0.1, -0.05) is 13.0 Å². The van der Waals surface area contributed by atoms with E-state index in [1.54, 1.807) is 12.1 Å². The lowest BCUT2D eigenvalue weighted by Crippen LogP contribution is -2.46. The van der Waals surface area contributed by atoms with E-state index in [1.165, 1.54) is 19.2 Å². The third-order valence-electron chi connectivity index (χ3n) is 4.85. The average Bonchev–Trinajstić information content (AvgIpc) is 2.71. The van der Waals surface area contributed by atoms with Crippen LogP contribution >= 0.6 is 0 Å². The Morgan fingerprint density at radius 1 is 1.14 bits per heavy atom. The molecule has 0 saturated carbocycles. The van der Waals surface area contributed by atoms with E-state index in [1.807, 2.05) is 0 Å². The van der Waals surface area contributed by atoms with Gasteiger partial charge in [-0.2, -0.15) is 0 Å². The van der Waals surface area contributed by atoms with Gasteiger partial charge < -0.3 is 19.9 Å². The van der Waals surface area contributed by atoms with Gasteiger partial charge in [0.25, 0.3) is 5.91 Å². The highest BCUT2D eigenvalue weighted by atomic mass is 32.2. The fraction of sp³-hybridized carbons (Fsp3) is 0.632. The zero-order chi connectivity index (χ0) is 20.4. The topological polar surface area (TPSA) is 91.0 Å². The molecule has 1 fully saturated rings. The largest absolute Gasteiger partial charge is 0.383 e. The Balaban J connectivity index is 1.78. The summed E-state index contributed by atoms with van der Waals surface area (Å²) in [5.41, 5.74) is 0.339. The van der Waals surface area contributed by atoms with E-state index in [0.29, 0.717) is 12.1 Å². The van der Waals surface area contributed by atoms with Crippen LogP contribution in [0.15, 0.2) is 29.2 Å². The number of benzene rings is 1. The van der Waals surface area contributed by atoms with Crippen molar-refractivity contribution in [1.29, 1.82) is 0 Å². The summed E-state index contributed by atoms with van der Waals surface area (Å²) >= 11 is 0. The van der Waals surface area contributed by atoms with E-state index in [2.05, 4.69) is 26.8 Å². The number of hydrogen-bond acceptors (Lipinski definition) is 6. The van der Waals surface area contributed by atoms with Crippen molar-refractivity contribution in [3.05, 3.63) is 29.8 Å². The monoisotopic (exact) mass is 412 g/mol. The summed E-state index contributed by atoms with van der Waals surface area (Å²) in [5, 5.41) is 2.88. The minimum atomic E-state index is -3.66. The molecule has 28 heavy (non-hydrogen) atoms. The van der Waals surface area contributed by atoms with E-state index >= 15 is 0 Å². The molecule has 9 heteroatoms. The molecule has 0 aliphatic carbocycles. The molecule has 0 spiro atoms. The first-order chi connectivity index (χ1) is 13.5. The molecule has 0 bridgehead atoms. The number of rotatable bonds is 11. The maximum Gasteiger partial charge on any atom is 0.251 e. The lowest BCUT2D eigenvalue weighted by atomic mass is 10.2. The molecule has 1 aliphatic heterocycles. The Labute approximate surface area is 168 Å². The molecule has 1 aromatic rings. The number of sulfonamides is 1. The lowest BCUT2D eigenvalue weighted by Gasteiger charge is -2.33. The zero-order valence-electron chi connectivity index (χ0n) is 16.8. The van der Waals surface area contributed by atoms with Gasteiger partial charge in [-0.05, 0) is 37.7 Å². The smallest absolute Gasteiger partial charge is 0.251 e. The van der Waals surface area contributed by atoms with Crippen LogP contribution in [0.25, 0.3) is 0 Å². The predicted molar refractivity (Wildman–Crippen MR) is 109 cm³/mol. The number of likely N-dealkylation sites (N-methyl/N-ethyl adjacent to an activating group) is 1. The molecule has 1 saturated heterocycles. The lowest BCUT2D eigenvalue weighted by molar-refractivity contribution is 0.0948. The molecular weight excluding hydrogens is 380 g/mol. The third-order valence-corrected chi connectivity index (χ3v) is 6.31. The van der Waals surface area contributed by atoms with E-state index in [4.69, 9.17) is 4.74 Å². The average molecular weight is 413 g/mol. The van der Waals surface area contributed by atoms with Crippen LogP contribution in [0.2, 0.25) is 0 Å². The van der Waals surface area contributed by atoms with Gasteiger partial charge in [-0.25, -0.2) is 13.1 Å². The molecule has 2 N–H and O–H groups in total. The van der Waals surface area contributed by atoms with Crippen LogP contribution in [0.5, 0.6) is 0 Å². The summed E-state index contributed by atoms with van der Waals surface area (Å²) in [7, 11) is -2.15. The van der Waals surface area contributed by atoms with Crippen molar-refractivity contribution in [2.45, 2.75) is 18.2 Å². The highest BCUT2D eigenvalue weighted by Gasteiger charge is 2.17. The summed E-state index contributed by atoms with van der Waals surface area (Å²) in [6, 6.07) is 6.07. The van der Waals surface area contributed by atoms with Gasteiger partial charge in [0, 0.05) is 51.9 Å². The molecule has 0 atom stereocenters. The molecule has 1 aliphatic rings. The molecule has 0 aromatic heterocycles. The van der Waals surface area contributed by atoms with Crippen LogP contribution in [0.4, 0.5) is 0 Å². The quantitative estimate of drug-likeness (QED) is 0.511. The van der Waals surface area contributed by atoms with Gasteiger partial charge in [-0.3, -0.25) is 4.79 Å². The van der Waals surface area contributed by atoms with E-state index < -0.39 is 10.0 Å². The van der Waals surface area contributed by atoms with Crippen LogP contribution in [0.3, 0.4) is 0 Å². The molecule has 1 amide bonds. The molecule has 0 unspecified atom stereocenters. The van der Waals surface area contributed by atoms with Crippen LogP contribution in [0, 0.1) is 0 Å². The second kappa shape index (κ2) is 11.5. The zero-order valence-corrected chi connectivity index (χ0v) is 17.6. The summed E-state index contributed by atoms with van der Waals surface area (Å²) in [6.45, 7) is 9.60. The fourth-order valence-corrected chi connectivity index (χ4v) is 4.16. The van der Waals surface area contributed by atoms with Gasteiger partial charge in [-0.15, -0.1) is 0 Å². The van der Waals surface area contributed by atoms with E-state index in [9.17, 15) is 13.2 Å².